The van der Waals surface area contributed by atoms with E-state index in [1.54, 1.807) is 20.8 Å². The van der Waals surface area contributed by atoms with Crippen molar-refractivity contribution in [3.8, 4) is 23.0 Å². The van der Waals surface area contributed by atoms with Crippen LogP contribution >= 0.6 is 0 Å². The number of benzene rings is 4. The lowest BCUT2D eigenvalue weighted by Gasteiger charge is -2.12. The summed E-state index contributed by atoms with van der Waals surface area (Å²) in [7, 11) is 0. The first-order valence-electron chi connectivity index (χ1n) is 20.2. The zero-order chi connectivity index (χ0) is 50.4. The van der Waals surface area contributed by atoms with Gasteiger partial charge in [-0.25, -0.2) is 0 Å². The summed E-state index contributed by atoms with van der Waals surface area (Å²) in [5.74, 6) is -6.11. The molecule has 2 heterocycles. The minimum absolute atomic E-state index is 0.0775. The van der Waals surface area contributed by atoms with Crippen molar-refractivity contribution in [2.45, 2.75) is 65.7 Å². The van der Waals surface area contributed by atoms with Crippen LogP contribution in [0, 0.1) is 19.8 Å². The van der Waals surface area contributed by atoms with E-state index in [9.17, 15) is 65.3 Å². The number of phenolic OH excluding ortho intramolecular Hbond substituents is 2. The van der Waals surface area contributed by atoms with Gasteiger partial charge >= 0.3 is 24.7 Å². The summed E-state index contributed by atoms with van der Waals surface area (Å²) in [5, 5.41) is 43.7. The number of hydrogen-bond donors (Lipinski definition) is 6. The molecule has 16 nitrogen and oxygen atoms in total. The molecular formula is C46H42F6N4O12. The van der Waals surface area contributed by atoms with Crippen molar-refractivity contribution in [1.82, 2.24) is 19.8 Å². The maximum absolute atomic E-state index is 13.2. The minimum atomic E-state index is -4.86. The molecular weight excluding hydrogens is 915 g/mol. The van der Waals surface area contributed by atoms with E-state index in [0.717, 1.165) is 24.3 Å². The van der Waals surface area contributed by atoms with Gasteiger partial charge in [0.1, 0.15) is 23.0 Å². The van der Waals surface area contributed by atoms with Crippen LogP contribution < -0.4 is 20.1 Å². The standard InChI is InChI=1S/2C23H21F3N2O6/c1-12(22(32)33)11-27-20(30)10-17-13(2)28(19-8-5-15(29)9-18(17)19)21(31)14-3-6-16(7-4-14)34-23(24,25)26;1-12(9-21(31)32)27-20(30)11-17-13(2)28(19-8-5-15(29)10-18(17)19)22(33)14-3-6-16(7-4-14)34-23(24,25)26/h3-9,12,29H,10-11H2,1-2H3,(H,27,30)(H,32,33);3-8,10,12,29H,9,11H2,1-2H3,(H,27,30)(H,31,32). The summed E-state index contributed by atoms with van der Waals surface area (Å²) >= 11 is 0. The first kappa shape index (κ1) is 51.0. The Morgan fingerprint density at radius 2 is 1.01 bits per heavy atom. The van der Waals surface area contributed by atoms with E-state index < -0.39 is 71.8 Å². The molecule has 0 saturated carbocycles. The van der Waals surface area contributed by atoms with Gasteiger partial charge in [0.2, 0.25) is 11.8 Å². The van der Waals surface area contributed by atoms with Crippen LogP contribution in [0.3, 0.4) is 0 Å². The summed E-state index contributed by atoms with van der Waals surface area (Å²) < 4.78 is 84.6. The molecule has 22 heteroatoms. The molecule has 6 aromatic rings. The van der Waals surface area contributed by atoms with E-state index in [1.165, 1.54) is 76.7 Å². The zero-order valence-corrected chi connectivity index (χ0v) is 36.3. The zero-order valence-electron chi connectivity index (χ0n) is 36.3. The lowest BCUT2D eigenvalue weighted by Crippen LogP contribution is -2.35. The van der Waals surface area contributed by atoms with Gasteiger partial charge in [-0.2, -0.15) is 0 Å². The van der Waals surface area contributed by atoms with Gasteiger partial charge < -0.3 is 40.5 Å². The predicted octanol–water partition coefficient (Wildman–Crippen LogP) is 7.39. The van der Waals surface area contributed by atoms with Crippen molar-refractivity contribution in [3.63, 3.8) is 0 Å². The fourth-order valence-corrected chi connectivity index (χ4v) is 7.15. The summed E-state index contributed by atoms with van der Waals surface area (Å²) in [6, 6.07) is 16.7. The van der Waals surface area contributed by atoms with Gasteiger partial charge in [-0.15, -0.1) is 26.3 Å². The third kappa shape index (κ3) is 12.9. The Balaban J connectivity index is 0.000000254. The number of alkyl halides is 6. The van der Waals surface area contributed by atoms with Crippen LogP contribution in [0.4, 0.5) is 26.3 Å². The number of carboxylic acid groups (broad SMARTS) is 2. The molecule has 0 aliphatic carbocycles. The number of phenols is 2. The molecule has 6 rings (SSSR count). The number of aliphatic carboxylic acids is 2. The lowest BCUT2D eigenvalue weighted by atomic mass is 10.1. The average molecular weight is 957 g/mol. The number of nitrogens with zero attached hydrogens (tertiary/aromatic N) is 2. The smallest absolute Gasteiger partial charge is 0.508 e. The monoisotopic (exact) mass is 956 g/mol. The number of nitrogens with one attached hydrogen (secondary N) is 2. The number of carboxylic acids is 2. The topological polar surface area (TPSA) is 236 Å². The Morgan fingerprint density at radius 1 is 0.618 bits per heavy atom. The quantitative estimate of drug-likeness (QED) is 0.0587. The molecule has 0 saturated heterocycles. The van der Waals surface area contributed by atoms with Crippen molar-refractivity contribution >= 4 is 57.4 Å². The fourth-order valence-electron chi connectivity index (χ4n) is 7.15. The molecule has 0 aliphatic rings. The number of halogens is 6. The van der Waals surface area contributed by atoms with Crippen LogP contribution in [-0.2, 0) is 32.0 Å². The maximum Gasteiger partial charge on any atom is 0.573 e. The van der Waals surface area contributed by atoms with Crippen molar-refractivity contribution in [1.29, 1.82) is 0 Å². The Hall–Kier alpha value is -8.04. The second-order valence-electron chi connectivity index (χ2n) is 15.4. The molecule has 6 N–H and O–H groups in total. The third-order valence-electron chi connectivity index (χ3n) is 10.3. The van der Waals surface area contributed by atoms with Gasteiger partial charge in [0, 0.05) is 45.9 Å². The van der Waals surface area contributed by atoms with E-state index in [0.29, 0.717) is 44.3 Å². The summed E-state index contributed by atoms with van der Waals surface area (Å²) in [6.45, 7) is 6.10. The fraction of sp³-hybridized carbons (Fsp3) is 0.261. The molecule has 0 aliphatic heterocycles. The van der Waals surface area contributed by atoms with Crippen LogP contribution in [0.25, 0.3) is 21.8 Å². The summed E-state index contributed by atoms with van der Waals surface area (Å²) in [6.07, 6.45) is -10.4. The summed E-state index contributed by atoms with van der Waals surface area (Å²) in [5.41, 5.74) is 2.59. The Morgan fingerprint density at radius 3 is 1.38 bits per heavy atom. The third-order valence-corrected chi connectivity index (χ3v) is 10.3. The van der Waals surface area contributed by atoms with Gasteiger partial charge in [-0.1, -0.05) is 6.92 Å². The highest BCUT2D eigenvalue weighted by atomic mass is 19.4. The van der Waals surface area contributed by atoms with Crippen LogP contribution in [-0.4, -0.2) is 90.4 Å². The molecule has 0 bridgehead atoms. The molecule has 0 fully saturated rings. The number of aromatic hydroxyl groups is 2. The molecule has 4 aromatic carbocycles. The highest BCUT2D eigenvalue weighted by Crippen LogP contribution is 2.33. The van der Waals surface area contributed by atoms with Crippen LogP contribution in [0.2, 0.25) is 0 Å². The van der Waals surface area contributed by atoms with E-state index >= 15 is 0 Å². The number of rotatable bonds is 14. The lowest BCUT2D eigenvalue weighted by molar-refractivity contribution is -0.275. The molecule has 360 valence electrons. The molecule has 2 unspecified atom stereocenters. The summed E-state index contributed by atoms with van der Waals surface area (Å²) in [4.78, 5) is 73.2. The van der Waals surface area contributed by atoms with Crippen molar-refractivity contribution in [3.05, 3.63) is 119 Å². The predicted molar refractivity (Wildman–Crippen MR) is 229 cm³/mol. The molecule has 2 amide bonds. The minimum Gasteiger partial charge on any atom is -0.508 e. The number of hydrogen-bond acceptors (Lipinski definition) is 10. The SMILES string of the molecule is Cc1c(CC(=O)NC(C)CC(=O)O)c2cc(O)ccc2n1C(=O)c1ccc(OC(F)(F)F)cc1.Cc1c(CC(=O)NCC(C)C(=O)O)c2cc(O)ccc2n1C(=O)c1ccc(OC(F)(F)F)cc1. The van der Waals surface area contributed by atoms with E-state index in [1.807, 2.05) is 0 Å². The second kappa shape index (κ2) is 20.6. The second-order valence-corrected chi connectivity index (χ2v) is 15.4. The Labute approximate surface area is 381 Å². The van der Waals surface area contributed by atoms with Crippen LogP contribution in [0.5, 0.6) is 23.0 Å². The van der Waals surface area contributed by atoms with Gasteiger partial charge in [0.05, 0.1) is 36.2 Å². The molecule has 0 radical (unpaired) electrons. The number of ether oxygens (including phenoxy) is 2. The Kier molecular flexibility index (Phi) is 15.5. The van der Waals surface area contributed by atoms with Gasteiger partial charge in [-0.3, -0.25) is 37.9 Å². The molecule has 68 heavy (non-hydrogen) atoms. The average Bonchev–Trinajstić information content (AvgIpc) is 3.65. The molecule has 2 atom stereocenters. The number of fused-ring (bicyclic) bond motifs is 2. The van der Waals surface area contributed by atoms with Crippen molar-refractivity contribution in [2.24, 2.45) is 5.92 Å². The first-order valence-corrected chi connectivity index (χ1v) is 20.2. The molecule has 0 spiro atoms. The van der Waals surface area contributed by atoms with E-state index in [4.69, 9.17) is 10.2 Å². The highest BCUT2D eigenvalue weighted by Gasteiger charge is 2.32. The molecule has 2 aromatic heterocycles. The highest BCUT2D eigenvalue weighted by molar-refractivity contribution is 6.06. The first-order chi connectivity index (χ1) is 31.7. The Bertz CT molecular complexity index is 2890. The van der Waals surface area contributed by atoms with E-state index in [2.05, 4.69) is 20.1 Å². The maximum atomic E-state index is 13.2. The van der Waals surface area contributed by atoms with Crippen molar-refractivity contribution < 1.29 is 85.0 Å². The normalized spacial score (nSPS) is 12.4. The number of amides is 2. The largest absolute Gasteiger partial charge is 0.573 e. The number of aromatic nitrogens is 2. The van der Waals surface area contributed by atoms with Crippen LogP contribution in [0.1, 0.15) is 63.5 Å². The van der Waals surface area contributed by atoms with Crippen LogP contribution in [0.15, 0.2) is 84.9 Å². The van der Waals surface area contributed by atoms with Gasteiger partial charge in [0.15, 0.2) is 0 Å². The van der Waals surface area contributed by atoms with Crippen molar-refractivity contribution in [2.75, 3.05) is 6.54 Å². The van der Waals surface area contributed by atoms with Gasteiger partial charge in [-0.05, 0) is 117 Å². The number of carbonyl (C=O) groups excluding carboxylic acids is 4. The van der Waals surface area contributed by atoms with Gasteiger partial charge in [0.25, 0.3) is 11.8 Å². The number of carbonyl (C=O) groups is 6. The van der Waals surface area contributed by atoms with E-state index in [-0.39, 0.29) is 48.4 Å².